The Morgan fingerprint density at radius 1 is 1.18 bits per heavy atom. The molecule has 1 atom stereocenters. The lowest BCUT2D eigenvalue weighted by Crippen LogP contribution is -2.44. The van der Waals surface area contributed by atoms with Crippen LogP contribution in [0.15, 0.2) is 55.0 Å². The molecule has 0 unspecified atom stereocenters. The summed E-state index contributed by atoms with van der Waals surface area (Å²) in [5.41, 5.74) is 3.35. The van der Waals surface area contributed by atoms with Crippen LogP contribution in [0.4, 0.5) is 0 Å². The van der Waals surface area contributed by atoms with Crippen molar-refractivity contribution >= 4 is 0 Å². The summed E-state index contributed by atoms with van der Waals surface area (Å²) in [6, 6.07) is 12.3. The number of benzene rings is 1. The molecule has 0 aliphatic carbocycles. The van der Waals surface area contributed by atoms with Crippen LogP contribution in [0.5, 0.6) is 5.75 Å². The second-order valence-corrected chi connectivity index (χ2v) is 7.67. The lowest BCUT2D eigenvalue weighted by molar-refractivity contribution is -0.0821. The van der Waals surface area contributed by atoms with Gasteiger partial charge in [0.05, 0.1) is 25.5 Å². The third-order valence-electron chi connectivity index (χ3n) is 5.78. The van der Waals surface area contributed by atoms with Crippen LogP contribution < -0.4 is 4.74 Å². The minimum Gasteiger partial charge on any atom is -0.497 e. The minimum absolute atomic E-state index is 0.149. The molecule has 2 aliphatic heterocycles. The number of aromatic nitrogens is 3. The molecule has 0 radical (unpaired) electrons. The SMILES string of the molecule is COc1cccc(-c2cnc3n2C[C@@]2(CCN(Cc4cccnc4)C2)OC3)c1. The quantitative estimate of drug-likeness (QED) is 0.700. The predicted octanol–water partition coefficient (Wildman–Crippen LogP) is 3.13. The molecule has 2 aliphatic rings. The Hall–Kier alpha value is -2.70. The number of likely N-dealkylation sites (tertiary alicyclic amines) is 1. The first-order valence-corrected chi connectivity index (χ1v) is 9.69. The summed E-state index contributed by atoms with van der Waals surface area (Å²) in [6.45, 7) is 4.27. The van der Waals surface area contributed by atoms with Gasteiger partial charge >= 0.3 is 0 Å². The van der Waals surface area contributed by atoms with Crippen LogP contribution in [0, 0.1) is 0 Å². The highest BCUT2D eigenvalue weighted by atomic mass is 16.5. The first kappa shape index (κ1) is 17.4. The average Bonchev–Trinajstić information content (AvgIpc) is 3.33. The van der Waals surface area contributed by atoms with Gasteiger partial charge in [-0.05, 0) is 30.2 Å². The van der Waals surface area contributed by atoms with Crippen molar-refractivity contribution < 1.29 is 9.47 Å². The summed E-state index contributed by atoms with van der Waals surface area (Å²) >= 11 is 0. The van der Waals surface area contributed by atoms with Gasteiger partial charge in [-0.3, -0.25) is 9.88 Å². The molecule has 0 saturated carbocycles. The van der Waals surface area contributed by atoms with Crippen molar-refractivity contribution in [2.75, 3.05) is 20.2 Å². The Bertz CT molecular complexity index is 972. The molecule has 0 amide bonds. The molecule has 1 fully saturated rings. The van der Waals surface area contributed by atoms with Gasteiger partial charge in [-0.15, -0.1) is 0 Å². The van der Waals surface area contributed by atoms with Crippen molar-refractivity contribution in [1.29, 1.82) is 0 Å². The summed E-state index contributed by atoms with van der Waals surface area (Å²) in [5.74, 6) is 1.85. The number of hydrogen-bond donors (Lipinski definition) is 0. The Labute approximate surface area is 164 Å². The van der Waals surface area contributed by atoms with E-state index in [9.17, 15) is 0 Å². The number of ether oxygens (including phenoxy) is 2. The zero-order valence-electron chi connectivity index (χ0n) is 16.0. The normalized spacial score (nSPS) is 21.8. The van der Waals surface area contributed by atoms with Crippen LogP contribution in [-0.2, 0) is 24.4 Å². The first-order chi connectivity index (χ1) is 13.7. The Kier molecular flexibility index (Phi) is 4.37. The van der Waals surface area contributed by atoms with E-state index in [-0.39, 0.29) is 5.60 Å². The van der Waals surface area contributed by atoms with E-state index in [1.807, 2.05) is 36.8 Å². The molecule has 5 rings (SSSR count). The third kappa shape index (κ3) is 3.19. The number of rotatable bonds is 4. The van der Waals surface area contributed by atoms with Gasteiger partial charge in [-0.1, -0.05) is 18.2 Å². The maximum Gasteiger partial charge on any atom is 0.135 e. The van der Waals surface area contributed by atoms with E-state index in [2.05, 4.69) is 37.6 Å². The largest absolute Gasteiger partial charge is 0.497 e. The summed E-state index contributed by atoms with van der Waals surface area (Å²) in [6.07, 6.45) is 6.75. The number of hydrogen-bond acceptors (Lipinski definition) is 5. The van der Waals surface area contributed by atoms with Gasteiger partial charge in [0, 0.05) is 37.6 Å². The number of imidazole rings is 1. The van der Waals surface area contributed by atoms with Gasteiger partial charge in [0.1, 0.15) is 23.8 Å². The van der Waals surface area contributed by atoms with E-state index in [4.69, 9.17) is 9.47 Å². The Morgan fingerprint density at radius 3 is 3.00 bits per heavy atom. The van der Waals surface area contributed by atoms with Gasteiger partial charge < -0.3 is 14.0 Å². The van der Waals surface area contributed by atoms with E-state index < -0.39 is 0 Å². The second kappa shape index (κ2) is 7.04. The molecule has 28 heavy (non-hydrogen) atoms. The zero-order chi connectivity index (χ0) is 19.0. The van der Waals surface area contributed by atoms with Crippen molar-refractivity contribution in [2.45, 2.75) is 31.7 Å². The maximum absolute atomic E-state index is 6.35. The highest BCUT2D eigenvalue weighted by molar-refractivity contribution is 5.61. The number of nitrogens with zero attached hydrogens (tertiary/aromatic N) is 4. The highest BCUT2D eigenvalue weighted by Gasteiger charge is 2.43. The fraction of sp³-hybridized carbons (Fsp3) is 0.364. The van der Waals surface area contributed by atoms with Crippen molar-refractivity contribution in [3.63, 3.8) is 0 Å². The molecule has 6 heteroatoms. The lowest BCUT2D eigenvalue weighted by atomic mass is 10.0. The van der Waals surface area contributed by atoms with E-state index in [0.29, 0.717) is 6.61 Å². The van der Waals surface area contributed by atoms with Crippen molar-refractivity contribution in [2.24, 2.45) is 0 Å². The molecule has 4 heterocycles. The number of fused-ring (bicyclic) bond motifs is 1. The summed E-state index contributed by atoms with van der Waals surface area (Å²) in [4.78, 5) is 11.3. The smallest absolute Gasteiger partial charge is 0.135 e. The van der Waals surface area contributed by atoms with Gasteiger partial charge in [0.25, 0.3) is 0 Å². The van der Waals surface area contributed by atoms with Gasteiger partial charge in [0.2, 0.25) is 0 Å². The fourth-order valence-corrected chi connectivity index (χ4v) is 4.33. The van der Waals surface area contributed by atoms with Crippen molar-refractivity contribution in [3.8, 4) is 17.0 Å². The van der Waals surface area contributed by atoms with E-state index in [0.717, 1.165) is 55.4 Å². The Morgan fingerprint density at radius 2 is 2.14 bits per heavy atom. The molecule has 144 valence electrons. The number of pyridine rings is 1. The van der Waals surface area contributed by atoms with E-state index in [1.165, 1.54) is 5.56 Å². The molecule has 1 saturated heterocycles. The zero-order valence-corrected chi connectivity index (χ0v) is 16.0. The van der Waals surface area contributed by atoms with Gasteiger partial charge in [-0.2, -0.15) is 0 Å². The van der Waals surface area contributed by atoms with Crippen LogP contribution in [0.1, 0.15) is 17.8 Å². The Balaban J connectivity index is 1.37. The third-order valence-corrected chi connectivity index (χ3v) is 5.78. The van der Waals surface area contributed by atoms with Gasteiger partial charge in [-0.25, -0.2) is 4.98 Å². The monoisotopic (exact) mass is 376 g/mol. The van der Waals surface area contributed by atoms with Crippen molar-refractivity contribution in [3.05, 3.63) is 66.4 Å². The van der Waals surface area contributed by atoms with Crippen LogP contribution in [-0.4, -0.2) is 45.2 Å². The highest BCUT2D eigenvalue weighted by Crippen LogP contribution is 2.36. The standard InChI is InChI=1S/C22H24N4O2/c1-27-19-6-2-5-18(10-19)20-12-24-21-14-28-22(16-26(20)21)7-9-25(15-22)13-17-4-3-8-23-11-17/h2-6,8,10-12H,7,9,13-16H2,1H3/t22-/m0/s1. The molecule has 0 bridgehead atoms. The van der Waals surface area contributed by atoms with Crippen LogP contribution >= 0.6 is 0 Å². The van der Waals surface area contributed by atoms with Crippen molar-refractivity contribution in [1.82, 2.24) is 19.4 Å². The second-order valence-electron chi connectivity index (χ2n) is 7.67. The van der Waals surface area contributed by atoms with Crippen LogP contribution in [0.3, 0.4) is 0 Å². The molecule has 2 aromatic heterocycles. The van der Waals surface area contributed by atoms with E-state index in [1.54, 1.807) is 7.11 Å². The molecule has 3 aromatic rings. The first-order valence-electron chi connectivity index (χ1n) is 9.69. The molecule has 1 spiro atoms. The summed E-state index contributed by atoms with van der Waals surface area (Å²) in [5, 5.41) is 0. The number of methoxy groups -OCH3 is 1. The molecule has 1 aromatic carbocycles. The van der Waals surface area contributed by atoms with Crippen LogP contribution in [0.2, 0.25) is 0 Å². The molecule has 0 N–H and O–H groups in total. The summed E-state index contributed by atoms with van der Waals surface area (Å²) < 4.78 is 14.1. The molecular formula is C22H24N4O2. The summed E-state index contributed by atoms with van der Waals surface area (Å²) in [7, 11) is 1.70. The van der Waals surface area contributed by atoms with Gasteiger partial charge in [0.15, 0.2) is 0 Å². The van der Waals surface area contributed by atoms with E-state index >= 15 is 0 Å². The average molecular weight is 376 g/mol. The lowest BCUT2D eigenvalue weighted by Gasteiger charge is -2.35. The molecular weight excluding hydrogens is 352 g/mol. The topological polar surface area (TPSA) is 52.4 Å². The fourth-order valence-electron chi connectivity index (χ4n) is 4.33. The molecule has 6 nitrogen and oxygen atoms in total. The predicted molar refractivity (Wildman–Crippen MR) is 106 cm³/mol. The minimum atomic E-state index is -0.149. The van der Waals surface area contributed by atoms with Crippen LogP contribution in [0.25, 0.3) is 11.3 Å². The maximum atomic E-state index is 6.35.